The Morgan fingerprint density at radius 1 is 1.00 bits per heavy atom. The summed E-state index contributed by atoms with van der Waals surface area (Å²) in [5.41, 5.74) is 9.51. The molecule has 2 rings (SSSR count). The molecule has 0 spiro atoms. The van der Waals surface area contributed by atoms with Crippen LogP contribution >= 0.6 is 0 Å². The van der Waals surface area contributed by atoms with Gasteiger partial charge < -0.3 is 21.5 Å². The van der Waals surface area contributed by atoms with Gasteiger partial charge in [0, 0.05) is 5.92 Å². The molecule has 2 aliphatic rings. The maximum Gasteiger partial charge on any atom is 0.408 e. The largest absolute Gasteiger partial charge is 0.444 e. The fraction of sp³-hybridized carbons (Fsp3) is 0.842. The molecular formula is C19H33N3O4. The number of hydrogen-bond acceptors (Lipinski definition) is 4. The molecule has 26 heavy (non-hydrogen) atoms. The van der Waals surface area contributed by atoms with Crippen LogP contribution in [0.5, 0.6) is 0 Å². The molecule has 2 unspecified atom stereocenters. The Labute approximate surface area is 155 Å². The van der Waals surface area contributed by atoms with Crippen LogP contribution in [0, 0.1) is 17.8 Å². The third kappa shape index (κ3) is 4.68. The summed E-state index contributed by atoms with van der Waals surface area (Å²) in [5, 5.41) is 2.84. The molecule has 0 aromatic heterocycles. The summed E-state index contributed by atoms with van der Waals surface area (Å²) >= 11 is 0. The maximum atomic E-state index is 12.5. The van der Waals surface area contributed by atoms with Crippen LogP contribution in [-0.4, -0.2) is 29.0 Å². The quantitative estimate of drug-likeness (QED) is 0.704. The van der Waals surface area contributed by atoms with Crippen LogP contribution in [0.3, 0.4) is 0 Å². The van der Waals surface area contributed by atoms with Crippen molar-refractivity contribution in [2.24, 2.45) is 29.2 Å². The Morgan fingerprint density at radius 2 is 1.62 bits per heavy atom. The monoisotopic (exact) mass is 367 g/mol. The summed E-state index contributed by atoms with van der Waals surface area (Å²) in [6, 6.07) is 0. The van der Waals surface area contributed by atoms with E-state index >= 15 is 0 Å². The molecule has 0 heterocycles. The van der Waals surface area contributed by atoms with Crippen LogP contribution in [0.1, 0.15) is 72.1 Å². The van der Waals surface area contributed by atoms with Gasteiger partial charge in [0.2, 0.25) is 11.8 Å². The van der Waals surface area contributed by atoms with E-state index in [2.05, 4.69) is 5.32 Å². The number of nitrogens with one attached hydrogen (secondary N) is 1. The van der Waals surface area contributed by atoms with Crippen LogP contribution < -0.4 is 16.8 Å². The molecule has 0 saturated heterocycles. The summed E-state index contributed by atoms with van der Waals surface area (Å²) in [5.74, 6) is -0.620. The van der Waals surface area contributed by atoms with Gasteiger partial charge in [0.15, 0.2) is 0 Å². The van der Waals surface area contributed by atoms with E-state index in [1.807, 2.05) is 0 Å². The highest BCUT2D eigenvalue weighted by molar-refractivity contribution is 5.89. The topological polar surface area (TPSA) is 125 Å². The molecule has 2 saturated carbocycles. The van der Waals surface area contributed by atoms with E-state index < -0.39 is 23.1 Å². The lowest BCUT2D eigenvalue weighted by molar-refractivity contribution is -0.131. The predicted molar refractivity (Wildman–Crippen MR) is 97.9 cm³/mol. The normalized spacial score (nSPS) is 32.5. The first-order valence-electron chi connectivity index (χ1n) is 9.65. The summed E-state index contributed by atoms with van der Waals surface area (Å²) in [6.07, 6.45) is 5.72. The van der Waals surface area contributed by atoms with Crippen molar-refractivity contribution < 1.29 is 19.1 Å². The van der Waals surface area contributed by atoms with Crippen molar-refractivity contribution in [2.75, 3.05) is 0 Å². The minimum atomic E-state index is -1.08. The fourth-order valence-electron chi connectivity index (χ4n) is 4.65. The van der Waals surface area contributed by atoms with Crippen molar-refractivity contribution >= 4 is 17.9 Å². The Hall–Kier alpha value is -1.79. The fourth-order valence-corrected chi connectivity index (χ4v) is 4.65. The van der Waals surface area contributed by atoms with Crippen LogP contribution in [0.25, 0.3) is 0 Å². The molecule has 7 nitrogen and oxygen atoms in total. The molecule has 2 fully saturated rings. The second-order valence-electron chi connectivity index (χ2n) is 8.83. The van der Waals surface area contributed by atoms with E-state index in [0.717, 1.165) is 44.9 Å². The summed E-state index contributed by atoms with van der Waals surface area (Å²) in [4.78, 5) is 36.3. The highest BCUT2D eigenvalue weighted by atomic mass is 16.6. The second-order valence-corrected chi connectivity index (χ2v) is 8.83. The third-order valence-corrected chi connectivity index (χ3v) is 5.88. The zero-order valence-corrected chi connectivity index (χ0v) is 16.2. The number of rotatable bonds is 4. The first-order valence-corrected chi connectivity index (χ1v) is 9.65. The predicted octanol–water partition coefficient (Wildman–Crippen LogP) is 2.22. The van der Waals surface area contributed by atoms with Gasteiger partial charge in [-0.1, -0.05) is 12.8 Å². The average molecular weight is 367 g/mol. The highest BCUT2D eigenvalue weighted by Gasteiger charge is 2.51. The lowest BCUT2D eigenvalue weighted by atomic mass is 9.62. The molecule has 148 valence electrons. The number of primary amides is 2. The van der Waals surface area contributed by atoms with Crippen molar-refractivity contribution in [3.8, 4) is 0 Å². The molecule has 0 aromatic rings. The smallest absolute Gasteiger partial charge is 0.408 e. The zero-order chi connectivity index (χ0) is 19.5. The van der Waals surface area contributed by atoms with E-state index in [1.165, 1.54) is 0 Å². The van der Waals surface area contributed by atoms with Crippen molar-refractivity contribution in [3.63, 3.8) is 0 Å². The molecule has 7 heteroatoms. The Balaban J connectivity index is 2.18. The molecule has 2 atom stereocenters. The number of hydrogen-bond donors (Lipinski definition) is 3. The molecule has 0 radical (unpaired) electrons. The van der Waals surface area contributed by atoms with Crippen LogP contribution in [0.15, 0.2) is 0 Å². The van der Waals surface area contributed by atoms with Crippen LogP contribution in [-0.2, 0) is 14.3 Å². The van der Waals surface area contributed by atoms with Crippen LogP contribution in [0.2, 0.25) is 0 Å². The lowest BCUT2D eigenvalue weighted by Gasteiger charge is -2.47. The molecule has 2 aliphatic carbocycles. The van der Waals surface area contributed by atoms with Gasteiger partial charge in [-0.2, -0.15) is 0 Å². The summed E-state index contributed by atoms with van der Waals surface area (Å²) in [6.45, 7) is 5.35. The standard InChI is InChI=1S/C19H33N3O4/c1-18(2,3)26-17(25)22-19(16(21)24)11-5-4-6-14(19)12-7-9-13(10-8-12)15(20)23/h12-14H,4-11H2,1-3H3,(H2,20,23)(H2,21,24)(H,22,25). The van der Waals surface area contributed by atoms with Gasteiger partial charge in [0.25, 0.3) is 0 Å². The minimum absolute atomic E-state index is 0.0323. The maximum absolute atomic E-state index is 12.5. The van der Waals surface area contributed by atoms with Gasteiger partial charge in [0.1, 0.15) is 11.1 Å². The Kier molecular flexibility index (Phi) is 6.19. The van der Waals surface area contributed by atoms with E-state index in [4.69, 9.17) is 16.2 Å². The Bertz CT molecular complexity index is 549. The molecule has 0 aliphatic heterocycles. The van der Waals surface area contributed by atoms with Crippen molar-refractivity contribution in [1.82, 2.24) is 5.32 Å². The number of alkyl carbamates (subject to hydrolysis) is 1. The first kappa shape index (κ1) is 20.5. The SMILES string of the molecule is CC(C)(C)OC(=O)NC1(C(N)=O)CCCCC1C1CCC(C(N)=O)CC1. The van der Waals surface area contributed by atoms with E-state index in [1.54, 1.807) is 20.8 Å². The third-order valence-electron chi connectivity index (χ3n) is 5.88. The number of amides is 3. The molecule has 5 N–H and O–H groups in total. The molecule has 0 aromatic carbocycles. The van der Waals surface area contributed by atoms with E-state index in [0.29, 0.717) is 6.42 Å². The number of carbonyl (C=O) groups is 3. The van der Waals surface area contributed by atoms with Crippen molar-refractivity contribution in [1.29, 1.82) is 0 Å². The van der Waals surface area contributed by atoms with Gasteiger partial charge in [-0.25, -0.2) is 4.79 Å². The average Bonchev–Trinajstić information content (AvgIpc) is 2.53. The number of nitrogens with two attached hydrogens (primary N) is 2. The van der Waals surface area contributed by atoms with Gasteiger partial charge in [-0.3, -0.25) is 9.59 Å². The van der Waals surface area contributed by atoms with Crippen molar-refractivity contribution in [2.45, 2.75) is 83.3 Å². The van der Waals surface area contributed by atoms with E-state index in [9.17, 15) is 14.4 Å². The summed E-state index contributed by atoms with van der Waals surface area (Å²) in [7, 11) is 0. The first-order chi connectivity index (χ1) is 12.0. The number of carbonyl (C=O) groups excluding carboxylic acids is 3. The van der Waals surface area contributed by atoms with Gasteiger partial charge >= 0.3 is 6.09 Å². The van der Waals surface area contributed by atoms with Crippen LogP contribution in [0.4, 0.5) is 4.79 Å². The zero-order valence-electron chi connectivity index (χ0n) is 16.2. The summed E-state index contributed by atoms with van der Waals surface area (Å²) < 4.78 is 5.38. The Morgan fingerprint density at radius 3 is 2.12 bits per heavy atom. The minimum Gasteiger partial charge on any atom is -0.444 e. The molecule has 0 bridgehead atoms. The molecule has 3 amide bonds. The van der Waals surface area contributed by atoms with E-state index in [-0.39, 0.29) is 23.7 Å². The molecular weight excluding hydrogens is 334 g/mol. The van der Waals surface area contributed by atoms with Gasteiger partial charge in [0.05, 0.1) is 0 Å². The van der Waals surface area contributed by atoms with Gasteiger partial charge in [-0.05, 0) is 71.1 Å². The number of ether oxygens (including phenoxy) is 1. The highest BCUT2D eigenvalue weighted by Crippen LogP contribution is 2.45. The second kappa shape index (κ2) is 7.84. The van der Waals surface area contributed by atoms with Crippen molar-refractivity contribution in [3.05, 3.63) is 0 Å². The van der Waals surface area contributed by atoms with Gasteiger partial charge in [-0.15, -0.1) is 0 Å². The lowest BCUT2D eigenvalue weighted by Crippen LogP contribution is -2.65.